The van der Waals surface area contributed by atoms with Crippen LogP contribution in [0.25, 0.3) is 11.1 Å². The van der Waals surface area contributed by atoms with Crippen molar-refractivity contribution in [3.05, 3.63) is 53.3 Å². The Morgan fingerprint density at radius 2 is 1.81 bits per heavy atom. The minimum absolute atomic E-state index is 0.168. The van der Waals surface area contributed by atoms with E-state index in [9.17, 15) is 17.6 Å². The fourth-order valence-electron chi connectivity index (χ4n) is 2.01. The van der Waals surface area contributed by atoms with Crippen LogP contribution in [0.4, 0.5) is 17.6 Å². The van der Waals surface area contributed by atoms with Gasteiger partial charge in [0, 0.05) is 5.56 Å². The van der Waals surface area contributed by atoms with Crippen molar-refractivity contribution >= 4 is 0 Å². The number of halogens is 4. The zero-order valence-corrected chi connectivity index (χ0v) is 11.0. The monoisotopic (exact) mass is 300 g/mol. The highest BCUT2D eigenvalue weighted by atomic mass is 19.4. The first-order chi connectivity index (χ1) is 9.80. The van der Waals surface area contributed by atoms with Gasteiger partial charge in [0.1, 0.15) is 11.6 Å². The molecule has 21 heavy (non-hydrogen) atoms. The van der Waals surface area contributed by atoms with E-state index in [-0.39, 0.29) is 11.3 Å². The molecule has 0 aliphatic carbocycles. The van der Waals surface area contributed by atoms with Gasteiger partial charge in [0.15, 0.2) is 0 Å². The molecule has 0 saturated carbocycles. The summed E-state index contributed by atoms with van der Waals surface area (Å²) in [4.78, 5) is 0. The molecule has 2 aromatic rings. The van der Waals surface area contributed by atoms with Gasteiger partial charge in [0.25, 0.3) is 0 Å². The van der Waals surface area contributed by atoms with Gasteiger partial charge < -0.3 is 9.84 Å². The summed E-state index contributed by atoms with van der Waals surface area (Å²) < 4.78 is 54.2. The maximum atomic E-state index is 13.8. The van der Waals surface area contributed by atoms with Crippen LogP contribution in [0.5, 0.6) is 5.75 Å². The normalized spacial score (nSPS) is 11.5. The summed E-state index contributed by atoms with van der Waals surface area (Å²) >= 11 is 0. The van der Waals surface area contributed by atoms with E-state index in [2.05, 4.69) is 4.74 Å². The molecule has 2 rings (SSSR count). The maximum absolute atomic E-state index is 13.8. The van der Waals surface area contributed by atoms with Crippen molar-refractivity contribution in [2.24, 2.45) is 0 Å². The lowest BCUT2D eigenvalue weighted by Gasteiger charge is -2.12. The van der Waals surface area contributed by atoms with Crippen LogP contribution in [0.3, 0.4) is 0 Å². The lowest BCUT2D eigenvalue weighted by atomic mass is 9.99. The number of hydrogen-bond acceptors (Lipinski definition) is 2. The van der Waals surface area contributed by atoms with Gasteiger partial charge in [-0.05, 0) is 41.8 Å². The second-order valence-electron chi connectivity index (χ2n) is 4.49. The highest BCUT2D eigenvalue weighted by Crippen LogP contribution is 2.30. The Bertz CT molecular complexity index is 627. The van der Waals surface area contributed by atoms with Crippen molar-refractivity contribution < 1.29 is 27.4 Å². The SMILES string of the molecule is Cc1cc(-c2cccc(OC(F)(F)F)c2)cc(F)c1CO. The number of alkyl halides is 3. The Hall–Kier alpha value is -2.08. The van der Waals surface area contributed by atoms with Crippen LogP contribution in [0.2, 0.25) is 0 Å². The van der Waals surface area contributed by atoms with E-state index in [4.69, 9.17) is 5.11 Å². The summed E-state index contributed by atoms with van der Waals surface area (Å²) in [7, 11) is 0. The average Bonchev–Trinajstić information content (AvgIpc) is 2.36. The van der Waals surface area contributed by atoms with Crippen molar-refractivity contribution in [1.82, 2.24) is 0 Å². The molecule has 0 bridgehead atoms. The highest BCUT2D eigenvalue weighted by Gasteiger charge is 2.31. The third-order valence-electron chi connectivity index (χ3n) is 2.98. The fourth-order valence-corrected chi connectivity index (χ4v) is 2.01. The summed E-state index contributed by atoms with van der Waals surface area (Å²) in [5, 5.41) is 9.05. The molecule has 0 fully saturated rings. The van der Waals surface area contributed by atoms with E-state index in [1.54, 1.807) is 19.1 Å². The molecule has 0 radical (unpaired) electrons. The van der Waals surface area contributed by atoms with Crippen LogP contribution in [0, 0.1) is 12.7 Å². The van der Waals surface area contributed by atoms with Gasteiger partial charge in [-0.25, -0.2) is 4.39 Å². The molecular formula is C15H12F4O2. The number of rotatable bonds is 3. The Morgan fingerprint density at radius 3 is 2.38 bits per heavy atom. The lowest BCUT2D eigenvalue weighted by molar-refractivity contribution is -0.274. The van der Waals surface area contributed by atoms with Crippen molar-refractivity contribution in [2.75, 3.05) is 0 Å². The minimum atomic E-state index is -4.78. The number of aliphatic hydroxyl groups is 1. The van der Waals surface area contributed by atoms with Crippen molar-refractivity contribution in [3.63, 3.8) is 0 Å². The Morgan fingerprint density at radius 1 is 1.10 bits per heavy atom. The summed E-state index contributed by atoms with van der Waals surface area (Å²) in [6, 6.07) is 8.06. The molecule has 0 saturated heterocycles. The van der Waals surface area contributed by atoms with Crippen LogP contribution in [0.1, 0.15) is 11.1 Å². The number of aliphatic hydroxyl groups excluding tert-OH is 1. The number of aryl methyl sites for hydroxylation is 1. The van der Waals surface area contributed by atoms with E-state index in [1.165, 1.54) is 24.3 Å². The van der Waals surface area contributed by atoms with Gasteiger partial charge in [-0.1, -0.05) is 18.2 Å². The van der Waals surface area contributed by atoms with Gasteiger partial charge in [-0.2, -0.15) is 0 Å². The molecule has 2 aromatic carbocycles. The fraction of sp³-hybridized carbons (Fsp3) is 0.200. The summed E-state index contributed by atoms with van der Waals surface area (Å²) in [6.07, 6.45) is -4.78. The Balaban J connectivity index is 2.41. The molecular weight excluding hydrogens is 288 g/mol. The Kier molecular flexibility index (Phi) is 4.18. The van der Waals surface area contributed by atoms with Gasteiger partial charge in [0.05, 0.1) is 6.61 Å². The molecule has 6 heteroatoms. The van der Waals surface area contributed by atoms with Crippen LogP contribution in [-0.2, 0) is 6.61 Å². The Labute approximate surface area is 118 Å². The molecule has 112 valence electrons. The third kappa shape index (κ3) is 3.72. The van der Waals surface area contributed by atoms with E-state index >= 15 is 0 Å². The minimum Gasteiger partial charge on any atom is -0.406 e. The van der Waals surface area contributed by atoms with Crippen LogP contribution in [-0.4, -0.2) is 11.5 Å². The van der Waals surface area contributed by atoms with Crippen LogP contribution >= 0.6 is 0 Å². The molecule has 0 amide bonds. The van der Waals surface area contributed by atoms with Gasteiger partial charge in [-0.3, -0.25) is 0 Å². The standard InChI is InChI=1S/C15H12F4O2/c1-9-5-11(7-14(16)13(9)8-20)10-3-2-4-12(6-10)21-15(17,18)19/h2-7,20H,8H2,1H3. The van der Waals surface area contributed by atoms with Crippen LogP contribution in [0.15, 0.2) is 36.4 Å². The molecule has 0 aliphatic heterocycles. The molecule has 0 aromatic heterocycles. The quantitative estimate of drug-likeness (QED) is 0.861. The second-order valence-corrected chi connectivity index (χ2v) is 4.49. The van der Waals surface area contributed by atoms with Crippen LogP contribution < -0.4 is 4.74 Å². The lowest BCUT2D eigenvalue weighted by Crippen LogP contribution is -2.17. The first kappa shape index (κ1) is 15.3. The average molecular weight is 300 g/mol. The molecule has 2 nitrogen and oxygen atoms in total. The topological polar surface area (TPSA) is 29.5 Å². The predicted octanol–water partition coefficient (Wildman–Crippen LogP) is 4.19. The summed E-state index contributed by atoms with van der Waals surface area (Å²) in [5.74, 6) is -0.973. The smallest absolute Gasteiger partial charge is 0.406 e. The van der Waals surface area contributed by atoms with E-state index in [1.807, 2.05) is 0 Å². The summed E-state index contributed by atoms with van der Waals surface area (Å²) in [5.41, 5.74) is 1.49. The predicted molar refractivity (Wildman–Crippen MR) is 69.2 cm³/mol. The first-order valence-electron chi connectivity index (χ1n) is 6.06. The number of ether oxygens (including phenoxy) is 1. The van der Waals surface area contributed by atoms with Crippen molar-refractivity contribution in [1.29, 1.82) is 0 Å². The molecule has 0 atom stereocenters. The molecule has 0 unspecified atom stereocenters. The number of benzene rings is 2. The largest absolute Gasteiger partial charge is 0.573 e. The van der Waals surface area contributed by atoms with E-state index < -0.39 is 18.8 Å². The van der Waals surface area contributed by atoms with E-state index in [0.717, 1.165) is 0 Å². The van der Waals surface area contributed by atoms with E-state index in [0.29, 0.717) is 16.7 Å². The molecule has 0 heterocycles. The van der Waals surface area contributed by atoms with Gasteiger partial charge >= 0.3 is 6.36 Å². The van der Waals surface area contributed by atoms with Gasteiger partial charge in [-0.15, -0.1) is 13.2 Å². The van der Waals surface area contributed by atoms with Crippen molar-refractivity contribution in [2.45, 2.75) is 19.9 Å². The molecule has 0 spiro atoms. The zero-order chi connectivity index (χ0) is 15.6. The molecule has 0 aliphatic rings. The number of hydrogen-bond donors (Lipinski definition) is 1. The van der Waals surface area contributed by atoms with Gasteiger partial charge in [0.2, 0.25) is 0 Å². The second kappa shape index (κ2) is 5.73. The first-order valence-corrected chi connectivity index (χ1v) is 6.06. The summed E-state index contributed by atoms with van der Waals surface area (Å²) in [6.45, 7) is 1.18. The molecule has 1 N–H and O–H groups in total. The van der Waals surface area contributed by atoms with Crippen molar-refractivity contribution in [3.8, 4) is 16.9 Å². The maximum Gasteiger partial charge on any atom is 0.573 e. The zero-order valence-electron chi connectivity index (χ0n) is 11.0. The highest BCUT2D eigenvalue weighted by molar-refractivity contribution is 5.66. The third-order valence-corrected chi connectivity index (χ3v) is 2.98.